The van der Waals surface area contributed by atoms with Crippen molar-refractivity contribution < 1.29 is 34.8 Å². The van der Waals surface area contributed by atoms with Crippen molar-refractivity contribution in [1.82, 2.24) is 0 Å². The Kier molecular flexibility index (Phi) is 17.7. The molecular formula is C27H38O7. The Morgan fingerprint density at radius 1 is 0.676 bits per heavy atom. The summed E-state index contributed by atoms with van der Waals surface area (Å²) in [4.78, 5) is 31.1. The fourth-order valence-corrected chi connectivity index (χ4v) is 3.18. The fraction of sp³-hybridized carbons (Fsp3) is 0.444. The number of carboxylic acids is 2. The largest absolute Gasteiger partial charge is 0.478 e. The summed E-state index contributed by atoms with van der Waals surface area (Å²) in [6, 6.07) is 16.2. The number of ketones is 1. The van der Waals surface area contributed by atoms with Crippen LogP contribution in [-0.4, -0.2) is 51.4 Å². The topological polar surface area (TPSA) is 132 Å². The second-order valence-corrected chi connectivity index (χ2v) is 7.84. The van der Waals surface area contributed by atoms with E-state index in [1.807, 2.05) is 0 Å². The van der Waals surface area contributed by atoms with E-state index in [-0.39, 0.29) is 18.8 Å². The van der Waals surface area contributed by atoms with Crippen LogP contribution >= 0.6 is 0 Å². The standard InChI is InChI=1S/C12H26O2.C8H6O3.C7H6O2/c1-3-5-7-11(9-13)12(10-14)8-6-4-2;9-7(8(10)11)6-4-2-1-3-5-6;8-7(9)6-4-2-1-3-5-6/h11-14H,3-10H2,1-2H3;1-5H,(H,10,11);1-5H,(H,8,9). The first-order chi connectivity index (χ1) is 16.3. The van der Waals surface area contributed by atoms with Gasteiger partial charge in [-0.1, -0.05) is 88.1 Å². The van der Waals surface area contributed by atoms with Gasteiger partial charge in [0.15, 0.2) is 0 Å². The number of hydrogen-bond donors (Lipinski definition) is 4. The van der Waals surface area contributed by atoms with Gasteiger partial charge in [-0.2, -0.15) is 0 Å². The lowest BCUT2D eigenvalue weighted by molar-refractivity contribution is -0.131. The van der Waals surface area contributed by atoms with Gasteiger partial charge >= 0.3 is 11.9 Å². The number of aliphatic carboxylic acids is 1. The highest BCUT2D eigenvalue weighted by Crippen LogP contribution is 2.23. The van der Waals surface area contributed by atoms with Crippen molar-refractivity contribution in [2.45, 2.75) is 52.4 Å². The molecule has 0 saturated heterocycles. The molecule has 0 bridgehead atoms. The van der Waals surface area contributed by atoms with Crippen molar-refractivity contribution in [3.05, 3.63) is 71.8 Å². The van der Waals surface area contributed by atoms with Crippen LogP contribution in [0.4, 0.5) is 0 Å². The van der Waals surface area contributed by atoms with Crippen LogP contribution in [0.1, 0.15) is 73.1 Å². The Hall–Kier alpha value is -3.03. The Morgan fingerprint density at radius 3 is 1.32 bits per heavy atom. The third-order valence-corrected chi connectivity index (χ3v) is 5.24. The molecule has 2 aromatic carbocycles. The molecule has 0 radical (unpaired) electrons. The molecule has 0 fully saturated rings. The van der Waals surface area contributed by atoms with Crippen LogP contribution in [0, 0.1) is 11.8 Å². The van der Waals surface area contributed by atoms with Crippen LogP contribution in [0.15, 0.2) is 60.7 Å². The van der Waals surface area contributed by atoms with E-state index in [1.165, 1.54) is 25.0 Å². The van der Waals surface area contributed by atoms with Gasteiger partial charge in [-0.25, -0.2) is 9.59 Å². The zero-order chi connectivity index (χ0) is 25.8. The number of Topliss-reactive ketones (excluding diaryl/α,β-unsaturated/α-hetero) is 1. The number of carbonyl (C=O) groups excluding carboxylic acids is 1. The molecule has 4 N–H and O–H groups in total. The average molecular weight is 475 g/mol. The van der Waals surface area contributed by atoms with E-state index in [9.17, 15) is 24.6 Å². The molecule has 0 amide bonds. The molecule has 2 aromatic rings. The molecule has 2 rings (SSSR count). The van der Waals surface area contributed by atoms with Gasteiger partial charge in [0.1, 0.15) is 0 Å². The van der Waals surface area contributed by atoms with E-state index in [2.05, 4.69) is 13.8 Å². The number of aliphatic hydroxyl groups excluding tert-OH is 2. The second kappa shape index (κ2) is 19.4. The Morgan fingerprint density at radius 2 is 1.06 bits per heavy atom. The Labute approximate surface area is 202 Å². The molecule has 34 heavy (non-hydrogen) atoms. The maximum atomic E-state index is 10.7. The summed E-state index contributed by atoms with van der Waals surface area (Å²) in [5.74, 6) is -2.55. The molecule has 7 heteroatoms. The zero-order valence-electron chi connectivity index (χ0n) is 20.1. The predicted molar refractivity (Wildman–Crippen MR) is 132 cm³/mol. The Bertz CT molecular complexity index is 792. The smallest absolute Gasteiger partial charge is 0.377 e. The number of aliphatic hydroxyl groups is 2. The molecule has 2 unspecified atom stereocenters. The van der Waals surface area contributed by atoms with Gasteiger partial charge in [0.05, 0.1) is 5.56 Å². The summed E-state index contributed by atoms with van der Waals surface area (Å²) in [5.41, 5.74) is 0.539. The van der Waals surface area contributed by atoms with E-state index in [0.717, 1.165) is 25.7 Å². The highest BCUT2D eigenvalue weighted by atomic mass is 16.4. The lowest BCUT2D eigenvalue weighted by Crippen LogP contribution is -2.22. The van der Waals surface area contributed by atoms with Crippen LogP contribution in [0.3, 0.4) is 0 Å². The van der Waals surface area contributed by atoms with E-state index in [1.54, 1.807) is 48.5 Å². The van der Waals surface area contributed by atoms with Gasteiger partial charge in [-0.05, 0) is 36.8 Å². The van der Waals surface area contributed by atoms with Crippen molar-refractivity contribution >= 4 is 17.7 Å². The summed E-state index contributed by atoms with van der Waals surface area (Å²) in [5, 5.41) is 35.2. The fourth-order valence-electron chi connectivity index (χ4n) is 3.18. The summed E-state index contributed by atoms with van der Waals surface area (Å²) >= 11 is 0. The summed E-state index contributed by atoms with van der Waals surface area (Å²) in [6.45, 7) is 4.78. The minimum atomic E-state index is -1.42. The van der Waals surface area contributed by atoms with E-state index in [0.29, 0.717) is 17.4 Å². The van der Waals surface area contributed by atoms with Crippen LogP contribution in [-0.2, 0) is 4.79 Å². The van der Waals surface area contributed by atoms with Gasteiger partial charge in [-0.15, -0.1) is 0 Å². The van der Waals surface area contributed by atoms with E-state index < -0.39 is 17.7 Å². The quantitative estimate of drug-likeness (QED) is 0.253. The number of carbonyl (C=O) groups is 3. The van der Waals surface area contributed by atoms with Gasteiger partial charge in [0, 0.05) is 18.8 Å². The van der Waals surface area contributed by atoms with Crippen molar-refractivity contribution in [3.8, 4) is 0 Å². The predicted octanol–water partition coefficient (Wildman–Crippen LogP) is 4.92. The molecular weight excluding hydrogens is 436 g/mol. The molecule has 0 spiro atoms. The maximum Gasteiger partial charge on any atom is 0.377 e. The third kappa shape index (κ3) is 13.5. The minimum Gasteiger partial charge on any atom is -0.478 e. The number of aromatic carboxylic acids is 1. The molecule has 0 heterocycles. The maximum absolute atomic E-state index is 10.7. The van der Waals surface area contributed by atoms with Gasteiger partial charge in [0.25, 0.3) is 5.78 Å². The summed E-state index contributed by atoms with van der Waals surface area (Å²) in [7, 11) is 0. The number of unbranched alkanes of at least 4 members (excludes halogenated alkanes) is 2. The summed E-state index contributed by atoms with van der Waals surface area (Å²) in [6.07, 6.45) is 6.77. The first-order valence-corrected chi connectivity index (χ1v) is 11.6. The van der Waals surface area contributed by atoms with Crippen LogP contribution < -0.4 is 0 Å². The second-order valence-electron chi connectivity index (χ2n) is 7.84. The molecule has 7 nitrogen and oxygen atoms in total. The zero-order valence-corrected chi connectivity index (χ0v) is 20.1. The number of carboxylic acid groups (broad SMARTS) is 2. The first-order valence-electron chi connectivity index (χ1n) is 11.6. The monoisotopic (exact) mass is 474 g/mol. The van der Waals surface area contributed by atoms with Crippen molar-refractivity contribution in [2.24, 2.45) is 11.8 Å². The van der Waals surface area contributed by atoms with Gasteiger partial charge < -0.3 is 20.4 Å². The highest BCUT2D eigenvalue weighted by Gasteiger charge is 2.18. The summed E-state index contributed by atoms with van der Waals surface area (Å²) < 4.78 is 0. The Balaban J connectivity index is 0.000000491. The number of rotatable bonds is 12. The van der Waals surface area contributed by atoms with Crippen LogP contribution in [0.2, 0.25) is 0 Å². The van der Waals surface area contributed by atoms with Crippen molar-refractivity contribution in [2.75, 3.05) is 13.2 Å². The van der Waals surface area contributed by atoms with E-state index in [4.69, 9.17) is 10.2 Å². The molecule has 0 aromatic heterocycles. The lowest BCUT2D eigenvalue weighted by atomic mass is 9.85. The van der Waals surface area contributed by atoms with Crippen LogP contribution in [0.5, 0.6) is 0 Å². The molecule has 0 aliphatic heterocycles. The number of hydrogen-bond acceptors (Lipinski definition) is 5. The van der Waals surface area contributed by atoms with Gasteiger partial charge in [0.2, 0.25) is 0 Å². The molecule has 188 valence electrons. The molecule has 0 saturated carbocycles. The molecule has 0 aliphatic carbocycles. The van der Waals surface area contributed by atoms with Crippen LogP contribution in [0.25, 0.3) is 0 Å². The SMILES string of the molecule is CCCCC(CO)C(CO)CCCC.O=C(O)C(=O)c1ccccc1.O=C(O)c1ccccc1. The normalized spacial score (nSPS) is 11.6. The molecule has 0 aliphatic rings. The van der Waals surface area contributed by atoms with Gasteiger partial charge in [-0.3, -0.25) is 4.79 Å². The number of benzene rings is 2. The molecule has 2 atom stereocenters. The first kappa shape index (κ1) is 31.0. The third-order valence-electron chi connectivity index (χ3n) is 5.24. The highest BCUT2D eigenvalue weighted by molar-refractivity contribution is 6.39. The van der Waals surface area contributed by atoms with Crippen molar-refractivity contribution in [1.29, 1.82) is 0 Å². The minimum absolute atomic E-state index is 0.208. The lowest BCUT2D eigenvalue weighted by Gasteiger charge is -2.23. The van der Waals surface area contributed by atoms with E-state index >= 15 is 0 Å². The average Bonchev–Trinajstić information content (AvgIpc) is 2.87. The van der Waals surface area contributed by atoms with Crippen molar-refractivity contribution in [3.63, 3.8) is 0 Å².